The number of thioether (sulfide) groups is 1. The van der Waals surface area contributed by atoms with Gasteiger partial charge in [-0.25, -0.2) is 9.78 Å². The third-order valence-electron chi connectivity index (χ3n) is 2.74. The number of nitrogens with zero attached hydrogens (tertiary/aromatic N) is 2. The van der Waals surface area contributed by atoms with Gasteiger partial charge in [-0.05, 0) is 24.1 Å². The Morgan fingerprint density at radius 2 is 2.26 bits per heavy atom. The van der Waals surface area contributed by atoms with E-state index >= 15 is 0 Å². The third-order valence-corrected chi connectivity index (χ3v) is 3.67. The molecule has 0 atom stereocenters. The number of H-pyrrole nitrogens is 1. The van der Waals surface area contributed by atoms with Crippen LogP contribution in [0.5, 0.6) is 0 Å². The average Bonchev–Trinajstić information content (AvgIpc) is 2.88. The Kier molecular flexibility index (Phi) is 3.08. The summed E-state index contributed by atoms with van der Waals surface area (Å²) in [5.41, 5.74) is 2.30. The van der Waals surface area contributed by atoms with Crippen molar-refractivity contribution < 1.29 is 4.42 Å². The molecule has 0 radical (unpaired) electrons. The molecule has 0 fully saturated rings. The average molecular weight is 273 g/mol. The summed E-state index contributed by atoms with van der Waals surface area (Å²) in [5.74, 6) is 0.639. The second kappa shape index (κ2) is 4.89. The molecule has 6 heteroatoms. The molecular formula is C13H11N3O2S. The molecule has 2 heterocycles. The van der Waals surface area contributed by atoms with E-state index in [1.807, 2.05) is 25.1 Å². The summed E-state index contributed by atoms with van der Waals surface area (Å²) in [6.07, 6.45) is 1.46. The molecule has 0 aliphatic rings. The second-order valence-corrected chi connectivity index (χ2v) is 5.13. The minimum atomic E-state index is -0.328. The molecule has 5 nitrogen and oxygen atoms in total. The van der Waals surface area contributed by atoms with Crippen molar-refractivity contribution in [3.8, 4) is 0 Å². The Labute approximate surface area is 113 Å². The number of aromatic amines is 1. The van der Waals surface area contributed by atoms with Crippen molar-refractivity contribution in [3.05, 3.63) is 52.1 Å². The fourth-order valence-electron chi connectivity index (χ4n) is 1.87. The van der Waals surface area contributed by atoms with Gasteiger partial charge in [-0.3, -0.25) is 5.10 Å². The molecule has 0 saturated heterocycles. The molecular weight excluding hydrogens is 262 g/mol. The summed E-state index contributed by atoms with van der Waals surface area (Å²) in [7, 11) is 0. The van der Waals surface area contributed by atoms with E-state index in [1.165, 1.54) is 24.2 Å². The Balaban J connectivity index is 2.00. The number of hydrogen-bond acceptors (Lipinski definition) is 5. The quantitative estimate of drug-likeness (QED) is 0.586. The zero-order chi connectivity index (χ0) is 13.2. The first kappa shape index (κ1) is 12.0. The highest BCUT2D eigenvalue weighted by molar-refractivity contribution is 7.98. The molecule has 2 aromatic heterocycles. The highest BCUT2D eigenvalue weighted by Crippen LogP contribution is 2.24. The van der Waals surface area contributed by atoms with Crippen LogP contribution in [-0.2, 0) is 5.75 Å². The smallest absolute Gasteiger partial charge is 0.336 e. The van der Waals surface area contributed by atoms with E-state index in [9.17, 15) is 4.79 Å². The maximum Gasteiger partial charge on any atom is 0.336 e. The molecule has 96 valence electrons. The first-order valence-corrected chi connectivity index (χ1v) is 6.72. The first-order chi connectivity index (χ1) is 9.22. The molecule has 3 aromatic rings. The molecule has 0 spiro atoms. The number of aromatic nitrogens is 3. The van der Waals surface area contributed by atoms with E-state index in [0.717, 1.165) is 21.7 Å². The first-order valence-electron chi connectivity index (χ1n) is 5.74. The van der Waals surface area contributed by atoms with E-state index in [1.54, 1.807) is 0 Å². The topological polar surface area (TPSA) is 71.8 Å². The van der Waals surface area contributed by atoms with Gasteiger partial charge in [0.2, 0.25) is 0 Å². The fourth-order valence-corrected chi connectivity index (χ4v) is 2.64. The van der Waals surface area contributed by atoms with Gasteiger partial charge in [0.1, 0.15) is 11.9 Å². The summed E-state index contributed by atoms with van der Waals surface area (Å²) in [5, 5.41) is 8.25. The van der Waals surface area contributed by atoms with Gasteiger partial charge in [0.25, 0.3) is 0 Å². The third kappa shape index (κ3) is 2.53. The van der Waals surface area contributed by atoms with E-state index in [-0.39, 0.29) is 5.63 Å². The van der Waals surface area contributed by atoms with Crippen molar-refractivity contribution in [1.29, 1.82) is 0 Å². The standard InChI is InChI=1S/C13H11N3O2S/c1-8-2-3-10-9(5-12(17)18-11(10)4-8)6-19-13-14-7-15-16-13/h2-5,7H,6H2,1H3,(H,14,15,16). The number of nitrogens with one attached hydrogen (secondary N) is 1. The van der Waals surface area contributed by atoms with Crippen LogP contribution < -0.4 is 5.63 Å². The number of aryl methyl sites for hydroxylation is 1. The maximum absolute atomic E-state index is 11.6. The second-order valence-electron chi connectivity index (χ2n) is 4.17. The number of hydrogen-bond donors (Lipinski definition) is 1. The highest BCUT2D eigenvalue weighted by atomic mass is 32.2. The van der Waals surface area contributed by atoms with Gasteiger partial charge in [0.15, 0.2) is 5.16 Å². The molecule has 0 aliphatic carbocycles. The van der Waals surface area contributed by atoms with Gasteiger partial charge < -0.3 is 4.42 Å². The van der Waals surface area contributed by atoms with Crippen LogP contribution in [0.1, 0.15) is 11.1 Å². The van der Waals surface area contributed by atoms with Crippen LogP contribution in [0.25, 0.3) is 11.0 Å². The summed E-state index contributed by atoms with van der Waals surface area (Å²) in [6.45, 7) is 1.97. The number of rotatable bonds is 3. The predicted molar refractivity (Wildman–Crippen MR) is 73.2 cm³/mol. The maximum atomic E-state index is 11.6. The fraction of sp³-hybridized carbons (Fsp3) is 0.154. The molecule has 19 heavy (non-hydrogen) atoms. The SMILES string of the molecule is Cc1ccc2c(CSc3ncn[nH]3)cc(=O)oc2c1. The minimum absolute atomic E-state index is 0.328. The Morgan fingerprint density at radius 1 is 1.37 bits per heavy atom. The predicted octanol–water partition coefficient (Wildman–Crippen LogP) is 2.51. The van der Waals surface area contributed by atoms with Crippen LogP contribution in [0, 0.1) is 6.92 Å². The van der Waals surface area contributed by atoms with Gasteiger partial charge in [-0.15, -0.1) is 0 Å². The van der Waals surface area contributed by atoms with Crippen LogP contribution >= 0.6 is 11.8 Å². The van der Waals surface area contributed by atoms with E-state index in [0.29, 0.717) is 11.3 Å². The summed E-state index contributed by atoms with van der Waals surface area (Å²) in [4.78, 5) is 15.6. The Bertz CT molecular complexity index is 765. The molecule has 0 amide bonds. The zero-order valence-corrected chi connectivity index (χ0v) is 11.0. The van der Waals surface area contributed by atoms with Crippen LogP contribution in [0.15, 0.2) is 45.0 Å². The van der Waals surface area contributed by atoms with Crippen molar-refractivity contribution in [2.75, 3.05) is 0 Å². The van der Waals surface area contributed by atoms with Crippen molar-refractivity contribution >= 4 is 22.7 Å². The van der Waals surface area contributed by atoms with Crippen LogP contribution in [0.2, 0.25) is 0 Å². The largest absolute Gasteiger partial charge is 0.423 e. The van der Waals surface area contributed by atoms with Crippen LogP contribution in [-0.4, -0.2) is 15.2 Å². The van der Waals surface area contributed by atoms with E-state index in [4.69, 9.17) is 4.42 Å². The molecule has 0 bridgehead atoms. The van der Waals surface area contributed by atoms with Gasteiger partial charge in [0.05, 0.1) is 0 Å². The summed E-state index contributed by atoms with van der Waals surface area (Å²) in [6, 6.07) is 7.38. The highest BCUT2D eigenvalue weighted by Gasteiger charge is 2.07. The van der Waals surface area contributed by atoms with Gasteiger partial charge in [-0.2, -0.15) is 5.10 Å². The number of fused-ring (bicyclic) bond motifs is 1. The lowest BCUT2D eigenvalue weighted by Gasteiger charge is -2.04. The zero-order valence-electron chi connectivity index (χ0n) is 10.2. The van der Waals surface area contributed by atoms with Gasteiger partial charge in [-0.1, -0.05) is 23.9 Å². The van der Waals surface area contributed by atoms with E-state index in [2.05, 4.69) is 15.2 Å². The summed E-state index contributed by atoms with van der Waals surface area (Å²) >= 11 is 1.50. The lowest BCUT2D eigenvalue weighted by atomic mass is 10.1. The van der Waals surface area contributed by atoms with Crippen molar-refractivity contribution in [2.45, 2.75) is 17.8 Å². The summed E-state index contributed by atoms with van der Waals surface area (Å²) < 4.78 is 5.22. The lowest BCUT2D eigenvalue weighted by Crippen LogP contribution is -2.00. The normalized spacial score (nSPS) is 11.0. The molecule has 1 aromatic carbocycles. The minimum Gasteiger partial charge on any atom is -0.423 e. The monoisotopic (exact) mass is 273 g/mol. The molecule has 0 unspecified atom stereocenters. The number of benzene rings is 1. The van der Waals surface area contributed by atoms with Crippen molar-refractivity contribution in [1.82, 2.24) is 15.2 Å². The molecule has 0 aliphatic heterocycles. The Morgan fingerprint density at radius 3 is 3.05 bits per heavy atom. The van der Waals surface area contributed by atoms with Crippen LogP contribution in [0.4, 0.5) is 0 Å². The molecule has 0 saturated carbocycles. The van der Waals surface area contributed by atoms with Crippen molar-refractivity contribution in [2.24, 2.45) is 0 Å². The lowest BCUT2D eigenvalue weighted by molar-refractivity contribution is 0.559. The van der Waals surface area contributed by atoms with Gasteiger partial charge in [0, 0.05) is 17.2 Å². The molecule has 1 N–H and O–H groups in total. The Hall–Kier alpha value is -2.08. The molecule has 3 rings (SSSR count). The van der Waals surface area contributed by atoms with Crippen LogP contribution in [0.3, 0.4) is 0 Å². The van der Waals surface area contributed by atoms with Crippen molar-refractivity contribution in [3.63, 3.8) is 0 Å². The van der Waals surface area contributed by atoms with Gasteiger partial charge >= 0.3 is 5.63 Å². The van der Waals surface area contributed by atoms with E-state index < -0.39 is 0 Å².